The maximum atomic E-state index is 12.0. The highest BCUT2D eigenvalue weighted by atomic mass is 32.2. The Morgan fingerprint density at radius 2 is 2.00 bits per heavy atom. The van der Waals surface area contributed by atoms with Gasteiger partial charge in [-0.25, -0.2) is 9.78 Å². The second kappa shape index (κ2) is 8.16. The van der Waals surface area contributed by atoms with E-state index in [2.05, 4.69) is 18.1 Å². The highest BCUT2D eigenvalue weighted by molar-refractivity contribution is 7.99. The normalized spacial score (nSPS) is 9.80. The zero-order valence-corrected chi connectivity index (χ0v) is 11.8. The lowest BCUT2D eigenvalue weighted by Gasteiger charge is -2.18. The minimum absolute atomic E-state index is 0.0719. The first-order chi connectivity index (χ1) is 9.58. The van der Waals surface area contributed by atoms with Gasteiger partial charge < -0.3 is 10.0 Å². The van der Waals surface area contributed by atoms with Crippen molar-refractivity contribution in [3.8, 4) is 0 Å². The van der Waals surface area contributed by atoms with E-state index in [1.54, 1.807) is 17.1 Å². The molecule has 0 saturated heterocycles. The molecule has 1 amide bonds. The van der Waals surface area contributed by atoms with Crippen molar-refractivity contribution < 1.29 is 14.7 Å². The predicted molar refractivity (Wildman–Crippen MR) is 78.9 cm³/mol. The van der Waals surface area contributed by atoms with E-state index in [-0.39, 0.29) is 17.2 Å². The van der Waals surface area contributed by atoms with Crippen LogP contribution in [-0.4, -0.2) is 45.7 Å². The van der Waals surface area contributed by atoms with Gasteiger partial charge in [0, 0.05) is 19.3 Å². The third kappa shape index (κ3) is 4.89. The fourth-order valence-corrected chi connectivity index (χ4v) is 2.24. The molecule has 1 aromatic rings. The molecule has 0 aliphatic heterocycles. The molecule has 0 spiro atoms. The van der Waals surface area contributed by atoms with Crippen molar-refractivity contribution >= 4 is 23.6 Å². The maximum Gasteiger partial charge on any atom is 0.335 e. The molecule has 1 heterocycles. The number of aromatic nitrogens is 1. The summed E-state index contributed by atoms with van der Waals surface area (Å²) in [6, 6.07) is 2.86. The first kappa shape index (κ1) is 16.0. The largest absolute Gasteiger partial charge is 0.478 e. The molecule has 106 valence electrons. The second-order valence-corrected chi connectivity index (χ2v) is 4.85. The third-order valence-corrected chi connectivity index (χ3v) is 3.29. The predicted octanol–water partition coefficient (Wildman–Crippen LogP) is 2.07. The highest BCUT2D eigenvalue weighted by Gasteiger charge is 2.12. The van der Waals surface area contributed by atoms with E-state index < -0.39 is 5.97 Å². The number of thioether (sulfide) groups is 1. The molecule has 1 N–H and O–H groups in total. The van der Waals surface area contributed by atoms with Crippen LogP contribution in [0.4, 0.5) is 0 Å². The van der Waals surface area contributed by atoms with E-state index in [0.717, 1.165) is 0 Å². The first-order valence-electron chi connectivity index (χ1n) is 5.90. The van der Waals surface area contributed by atoms with E-state index in [9.17, 15) is 9.59 Å². The van der Waals surface area contributed by atoms with Gasteiger partial charge in [0.05, 0.1) is 16.3 Å². The number of hydrogen-bond donors (Lipinski definition) is 1. The van der Waals surface area contributed by atoms with Crippen molar-refractivity contribution in [2.45, 2.75) is 5.03 Å². The summed E-state index contributed by atoms with van der Waals surface area (Å²) < 4.78 is 0. The molecular weight excluding hydrogens is 276 g/mol. The van der Waals surface area contributed by atoms with E-state index in [1.165, 1.54) is 30.1 Å². The van der Waals surface area contributed by atoms with Crippen LogP contribution in [0.5, 0.6) is 0 Å². The summed E-state index contributed by atoms with van der Waals surface area (Å²) in [4.78, 5) is 28.5. The quantitative estimate of drug-likeness (QED) is 0.586. The van der Waals surface area contributed by atoms with Gasteiger partial charge in [-0.05, 0) is 12.1 Å². The van der Waals surface area contributed by atoms with E-state index in [4.69, 9.17) is 5.11 Å². The number of pyridine rings is 1. The smallest absolute Gasteiger partial charge is 0.335 e. The number of carbonyl (C=O) groups excluding carboxylic acids is 1. The SMILES string of the molecule is C=CCN(CC=C)C(=O)CSc1cc(C(=O)O)ccn1. The van der Waals surface area contributed by atoms with Crippen LogP contribution in [0.3, 0.4) is 0 Å². The molecule has 1 aromatic heterocycles. The van der Waals surface area contributed by atoms with Crippen LogP contribution in [0, 0.1) is 0 Å². The molecular formula is C14H16N2O3S. The number of carboxylic acids is 1. The summed E-state index contributed by atoms with van der Waals surface area (Å²) in [5.74, 6) is -0.893. The number of carboxylic acid groups (broad SMARTS) is 1. The molecule has 0 bridgehead atoms. The van der Waals surface area contributed by atoms with Crippen LogP contribution in [-0.2, 0) is 4.79 Å². The van der Waals surface area contributed by atoms with E-state index >= 15 is 0 Å². The third-order valence-electron chi connectivity index (χ3n) is 2.38. The molecule has 0 fully saturated rings. The first-order valence-corrected chi connectivity index (χ1v) is 6.88. The Morgan fingerprint density at radius 1 is 1.35 bits per heavy atom. The fourth-order valence-electron chi connectivity index (χ4n) is 1.44. The van der Waals surface area contributed by atoms with Crippen LogP contribution in [0.15, 0.2) is 48.7 Å². The van der Waals surface area contributed by atoms with Crippen LogP contribution in [0.1, 0.15) is 10.4 Å². The number of nitrogens with zero attached hydrogens (tertiary/aromatic N) is 2. The molecule has 0 saturated carbocycles. The van der Waals surface area contributed by atoms with Gasteiger partial charge >= 0.3 is 5.97 Å². The van der Waals surface area contributed by atoms with Gasteiger partial charge in [-0.2, -0.15) is 0 Å². The summed E-state index contributed by atoms with van der Waals surface area (Å²) in [5, 5.41) is 9.39. The minimum Gasteiger partial charge on any atom is -0.478 e. The molecule has 5 nitrogen and oxygen atoms in total. The number of aromatic carboxylic acids is 1. The molecule has 0 aromatic carbocycles. The van der Waals surface area contributed by atoms with Crippen LogP contribution in [0.25, 0.3) is 0 Å². The molecule has 0 radical (unpaired) electrons. The van der Waals surface area contributed by atoms with Crippen LogP contribution in [0.2, 0.25) is 0 Å². The van der Waals surface area contributed by atoms with Crippen molar-refractivity contribution in [2.24, 2.45) is 0 Å². The van der Waals surface area contributed by atoms with Gasteiger partial charge in [0.25, 0.3) is 0 Å². The number of rotatable bonds is 8. The van der Waals surface area contributed by atoms with Crippen LogP contribution < -0.4 is 0 Å². The lowest BCUT2D eigenvalue weighted by atomic mass is 10.3. The number of hydrogen-bond acceptors (Lipinski definition) is 4. The van der Waals surface area contributed by atoms with Gasteiger partial charge in [0.15, 0.2) is 0 Å². The fraction of sp³-hybridized carbons (Fsp3) is 0.214. The van der Waals surface area contributed by atoms with Crippen LogP contribution >= 0.6 is 11.8 Å². The lowest BCUT2D eigenvalue weighted by Crippen LogP contribution is -2.32. The highest BCUT2D eigenvalue weighted by Crippen LogP contribution is 2.17. The van der Waals surface area contributed by atoms with Gasteiger partial charge in [0.1, 0.15) is 0 Å². The standard InChI is InChI=1S/C14H16N2O3S/c1-3-7-16(8-4-2)13(17)10-20-12-9-11(14(18)19)5-6-15-12/h3-6,9H,1-2,7-8,10H2,(H,18,19). The van der Waals surface area contributed by atoms with Crippen molar-refractivity contribution in [1.82, 2.24) is 9.88 Å². The number of amides is 1. The average Bonchev–Trinajstić information content (AvgIpc) is 2.45. The van der Waals surface area contributed by atoms with Gasteiger partial charge in [-0.1, -0.05) is 23.9 Å². The summed E-state index contributed by atoms with van der Waals surface area (Å²) in [5.41, 5.74) is 0.156. The molecule has 6 heteroatoms. The molecule has 0 atom stereocenters. The summed E-state index contributed by atoms with van der Waals surface area (Å²) in [6.07, 6.45) is 4.71. The zero-order valence-electron chi connectivity index (χ0n) is 11.0. The summed E-state index contributed by atoms with van der Waals surface area (Å²) in [7, 11) is 0. The Hall–Kier alpha value is -2.08. The van der Waals surface area contributed by atoms with E-state index in [0.29, 0.717) is 18.1 Å². The zero-order chi connectivity index (χ0) is 15.0. The Kier molecular flexibility index (Phi) is 6.52. The lowest BCUT2D eigenvalue weighted by molar-refractivity contribution is -0.127. The Morgan fingerprint density at radius 3 is 2.55 bits per heavy atom. The van der Waals surface area contributed by atoms with Gasteiger partial charge in [-0.15, -0.1) is 13.2 Å². The second-order valence-electron chi connectivity index (χ2n) is 3.85. The Bertz CT molecular complexity index is 507. The Balaban J connectivity index is 2.63. The molecule has 20 heavy (non-hydrogen) atoms. The van der Waals surface area contributed by atoms with Gasteiger partial charge in [-0.3, -0.25) is 4.79 Å². The molecule has 1 rings (SSSR count). The Labute approximate surface area is 122 Å². The van der Waals surface area contributed by atoms with Crippen molar-refractivity contribution in [2.75, 3.05) is 18.8 Å². The maximum absolute atomic E-state index is 12.0. The number of carbonyl (C=O) groups is 2. The molecule has 0 aliphatic carbocycles. The molecule has 0 unspecified atom stereocenters. The monoisotopic (exact) mass is 292 g/mol. The van der Waals surface area contributed by atoms with E-state index in [1.807, 2.05) is 0 Å². The summed E-state index contributed by atoms with van der Waals surface area (Å²) >= 11 is 1.21. The topological polar surface area (TPSA) is 70.5 Å². The minimum atomic E-state index is -1.01. The van der Waals surface area contributed by atoms with Crippen molar-refractivity contribution in [3.05, 3.63) is 49.2 Å². The van der Waals surface area contributed by atoms with Crippen molar-refractivity contribution in [1.29, 1.82) is 0 Å². The molecule has 0 aliphatic rings. The summed E-state index contributed by atoms with van der Waals surface area (Å²) in [6.45, 7) is 8.11. The van der Waals surface area contributed by atoms with Crippen molar-refractivity contribution in [3.63, 3.8) is 0 Å². The average molecular weight is 292 g/mol. The van der Waals surface area contributed by atoms with Gasteiger partial charge in [0.2, 0.25) is 5.91 Å².